The predicted octanol–water partition coefficient (Wildman–Crippen LogP) is 2.66. The van der Waals surface area contributed by atoms with Gasteiger partial charge in [-0.25, -0.2) is 0 Å². The molecule has 1 fully saturated rings. The van der Waals surface area contributed by atoms with E-state index in [0.29, 0.717) is 12.1 Å². The number of nitrogens with zero attached hydrogens (tertiary/aromatic N) is 5. The lowest BCUT2D eigenvalue weighted by Gasteiger charge is -2.35. The van der Waals surface area contributed by atoms with Gasteiger partial charge in [-0.3, -0.25) is 14.5 Å². The maximum absolute atomic E-state index is 12.9. The van der Waals surface area contributed by atoms with Gasteiger partial charge in [-0.2, -0.15) is 5.10 Å². The van der Waals surface area contributed by atoms with Gasteiger partial charge in [0.15, 0.2) is 0 Å². The Bertz CT molecular complexity index is 748. The quantitative estimate of drug-likeness (QED) is 0.848. The maximum Gasteiger partial charge on any atom is 0.255 e. The van der Waals surface area contributed by atoms with Crippen LogP contribution in [-0.2, 0) is 6.54 Å². The van der Waals surface area contributed by atoms with Crippen LogP contribution in [0.2, 0.25) is 0 Å². The molecule has 6 heteroatoms. The highest BCUT2D eigenvalue weighted by Crippen LogP contribution is 2.25. The van der Waals surface area contributed by atoms with E-state index < -0.39 is 0 Å². The molecule has 1 unspecified atom stereocenters. The number of amides is 1. The van der Waals surface area contributed by atoms with Gasteiger partial charge >= 0.3 is 0 Å². The zero-order valence-corrected chi connectivity index (χ0v) is 15.5. The van der Waals surface area contributed by atoms with E-state index in [4.69, 9.17) is 0 Å². The molecule has 1 saturated heterocycles. The predicted molar refractivity (Wildman–Crippen MR) is 99.9 cm³/mol. The van der Waals surface area contributed by atoms with E-state index in [9.17, 15) is 4.79 Å². The molecule has 0 radical (unpaired) electrons. The summed E-state index contributed by atoms with van der Waals surface area (Å²) in [5, 5.41) is 4.53. The Hall–Kier alpha value is -2.21. The van der Waals surface area contributed by atoms with Crippen molar-refractivity contribution in [3.05, 3.63) is 47.5 Å². The lowest BCUT2D eigenvalue weighted by molar-refractivity contribution is 0.0654. The van der Waals surface area contributed by atoms with Gasteiger partial charge < -0.3 is 9.80 Å². The van der Waals surface area contributed by atoms with Crippen LogP contribution in [0.25, 0.3) is 0 Å². The summed E-state index contributed by atoms with van der Waals surface area (Å²) in [6.45, 7) is 6.76. The smallest absolute Gasteiger partial charge is 0.255 e. The molecule has 4 heterocycles. The van der Waals surface area contributed by atoms with E-state index in [-0.39, 0.29) is 11.9 Å². The van der Waals surface area contributed by atoms with Crippen molar-refractivity contribution in [3.8, 4) is 0 Å². The first-order valence-electron chi connectivity index (χ1n) is 9.67. The minimum atomic E-state index is 0.0629. The van der Waals surface area contributed by atoms with Gasteiger partial charge in [-0.05, 0) is 57.5 Å². The fraction of sp³-hybridized carbons (Fsp3) is 0.550. The summed E-state index contributed by atoms with van der Waals surface area (Å²) in [6.07, 6.45) is 8.54. The van der Waals surface area contributed by atoms with Crippen LogP contribution in [0.5, 0.6) is 0 Å². The molecule has 2 aromatic heterocycles. The van der Waals surface area contributed by atoms with E-state index in [1.165, 1.54) is 32.4 Å². The second-order valence-corrected chi connectivity index (χ2v) is 7.49. The largest absolute Gasteiger partial charge is 0.331 e. The number of likely N-dealkylation sites (tertiary alicyclic amines) is 1. The number of aromatic nitrogens is 3. The summed E-state index contributed by atoms with van der Waals surface area (Å²) in [4.78, 5) is 21.7. The Labute approximate surface area is 154 Å². The topological polar surface area (TPSA) is 54.3 Å². The normalized spacial score (nSPS) is 20.8. The van der Waals surface area contributed by atoms with Crippen LogP contribution in [0.4, 0.5) is 0 Å². The summed E-state index contributed by atoms with van der Waals surface area (Å²) in [7, 11) is 0. The molecule has 1 amide bonds. The van der Waals surface area contributed by atoms with Gasteiger partial charge in [0.2, 0.25) is 0 Å². The maximum atomic E-state index is 12.9. The first-order chi connectivity index (χ1) is 12.7. The molecule has 0 bridgehead atoms. The number of piperidine rings is 1. The van der Waals surface area contributed by atoms with E-state index in [1.54, 1.807) is 6.20 Å². The average molecular weight is 353 g/mol. The van der Waals surface area contributed by atoms with E-state index in [0.717, 1.165) is 30.9 Å². The van der Waals surface area contributed by atoms with E-state index in [2.05, 4.69) is 19.7 Å². The summed E-state index contributed by atoms with van der Waals surface area (Å²) in [5.74, 6) is 0.0629. The van der Waals surface area contributed by atoms with Crippen LogP contribution in [0.1, 0.15) is 53.5 Å². The fourth-order valence-electron chi connectivity index (χ4n) is 4.05. The summed E-state index contributed by atoms with van der Waals surface area (Å²) < 4.78 is 2.13. The highest BCUT2D eigenvalue weighted by Gasteiger charge is 2.29. The third-order valence-electron chi connectivity index (χ3n) is 5.55. The molecule has 4 rings (SSSR count). The van der Waals surface area contributed by atoms with Crippen LogP contribution in [0.3, 0.4) is 0 Å². The van der Waals surface area contributed by atoms with Crippen molar-refractivity contribution in [1.29, 1.82) is 0 Å². The molecule has 0 spiro atoms. The number of carbonyl (C=O) groups excluding carboxylic acids is 1. The van der Waals surface area contributed by atoms with Crippen LogP contribution >= 0.6 is 0 Å². The van der Waals surface area contributed by atoms with Crippen LogP contribution in [-0.4, -0.2) is 56.7 Å². The monoisotopic (exact) mass is 353 g/mol. The van der Waals surface area contributed by atoms with Gasteiger partial charge in [0.1, 0.15) is 0 Å². The average Bonchev–Trinajstić information content (AvgIpc) is 3.16. The van der Waals surface area contributed by atoms with Gasteiger partial charge in [-0.15, -0.1) is 0 Å². The number of aryl methyl sites for hydroxylation is 1. The Balaban J connectivity index is 1.46. The molecular formula is C20H27N5O. The number of hydrogen-bond donors (Lipinski definition) is 0. The van der Waals surface area contributed by atoms with Crippen LogP contribution in [0.15, 0.2) is 30.6 Å². The number of fused-ring (bicyclic) bond motifs is 1. The van der Waals surface area contributed by atoms with Crippen molar-refractivity contribution in [2.75, 3.05) is 26.2 Å². The van der Waals surface area contributed by atoms with E-state index in [1.807, 2.05) is 36.2 Å². The summed E-state index contributed by atoms with van der Waals surface area (Å²) in [5.41, 5.74) is 2.71. The SMILES string of the molecule is Cc1ccc(C(=O)N2Cc3ccnn3C(CCN3CCCCC3)C2)cn1. The number of carbonyl (C=O) groups is 1. The fourth-order valence-corrected chi connectivity index (χ4v) is 4.05. The van der Waals surface area contributed by atoms with Crippen molar-refractivity contribution >= 4 is 5.91 Å². The molecule has 26 heavy (non-hydrogen) atoms. The van der Waals surface area contributed by atoms with Gasteiger partial charge in [0.05, 0.1) is 23.8 Å². The zero-order chi connectivity index (χ0) is 17.9. The highest BCUT2D eigenvalue weighted by molar-refractivity contribution is 5.94. The third kappa shape index (κ3) is 3.65. The molecule has 6 nitrogen and oxygen atoms in total. The Morgan fingerprint density at radius 3 is 2.81 bits per heavy atom. The molecule has 2 aliphatic rings. The molecule has 2 aliphatic heterocycles. The molecule has 2 aromatic rings. The lowest BCUT2D eigenvalue weighted by Crippen LogP contribution is -2.42. The Kier molecular flexibility index (Phi) is 5.02. The zero-order valence-electron chi connectivity index (χ0n) is 15.5. The molecule has 0 aliphatic carbocycles. The van der Waals surface area contributed by atoms with Crippen molar-refractivity contribution in [2.45, 2.75) is 45.2 Å². The van der Waals surface area contributed by atoms with Gasteiger partial charge in [0.25, 0.3) is 5.91 Å². The van der Waals surface area contributed by atoms with Gasteiger partial charge in [-0.1, -0.05) is 6.42 Å². The van der Waals surface area contributed by atoms with Crippen molar-refractivity contribution in [1.82, 2.24) is 24.6 Å². The molecule has 138 valence electrons. The van der Waals surface area contributed by atoms with Crippen molar-refractivity contribution < 1.29 is 4.79 Å². The first kappa shape index (κ1) is 17.2. The van der Waals surface area contributed by atoms with Gasteiger partial charge in [0, 0.05) is 31.2 Å². The highest BCUT2D eigenvalue weighted by atomic mass is 16.2. The molecule has 1 atom stereocenters. The van der Waals surface area contributed by atoms with Crippen molar-refractivity contribution in [3.63, 3.8) is 0 Å². The standard InChI is InChI=1S/C20H27N5O/c1-16-5-6-17(13-21-16)20(26)24-14-18-7-9-22-25(18)19(15-24)8-12-23-10-3-2-4-11-23/h5-7,9,13,19H,2-4,8,10-12,14-15H2,1H3. The molecular weight excluding hydrogens is 326 g/mol. The van der Waals surface area contributed by atoms with Crippen LogP contribution in [0, 0.1) is 6.92 Å². The van der Waals surface area contributed by atoms with Crippen molar-refractivity contribution in [2.24, 2.45) is 0 Å². The number of hydrogen-bond acceptors (Lipinski definition) is 4. The summed E-state index contributed by atoms with van der Waals surface area (Å²) in [6, 6.07) is 6.05. The first-order valence-corrected chi connectivity index (χ1v) is 9.67. The third-order valence-corrected chi connectivity index (χ3v) is 5.55. The van der Waals surface area contributed by atoms with E-state index >= 15 is 0 Å². The number of rotatable bonds is 4. The Morgan fingerprint density at radius 1 is 1.19 bits per heavy atom. The van der Waals surface area contributed by atoms with Crippen LogP contribution < -0.4 is 0 Å². The molecule has 0 saturated carbocycles. The molecule has 0 N–H and O–H groups in total. The second kappa shape index (κ2) is 7.58. The second-order valence-electron chi connectivity index (χ2n) is 7.49. The summed E-state index contributed by atoms with van der Waals surface area (Å²) >= 11 is 0. The minimum absolute atomic E-state index is 0.0629. The Morgan fingerprint density at radius 2 is 2.04 bits per heavy atom. The lowest BCUT2D eigenvalue weighted by atomic mass is 10.1. The minimum Gasteiger partial charge on any atom is -0.331 e. The molecule has 0 aromatic carbocycles. The number of pyridine rings is 1.